The van der Waals surface area contributed by atoms with E-state index in [4.69, 9.17) is 10.2 Å². The number of nitrogens with zero attached hydrogens (tertiary/aromatic N) is 2. The number of carbonyl (C=O) groups is 4. The summed E-state index contributed by atoms with van der Waals surface area (Å²) in [5, 5.41) is 36.1. The summed E-state index contributed by atoms with van der Waals surface area (Å²) in [6.07, 6.45) is -0.174. The van der Waals surface area contributed by atoms with Crippen LogP contribution in [0.3, 0.4) is 0 Å². The van der Waals surface area contributed by atoms with Crippen LogP contribution in [0.2, 0.25) is 0 Å². The van der Waals surface area contributed by atoms with Gasteiger partial charge in [-0.2, -0.15) is 0 Å². The quantitative estimate of drug-likeness (QED) is 0.528. The molecule has 0 bridgehead atoms. The van der Waals surface area contributed by atoms with Gasteiger partial charge in [0.1, 0.15) is 5.92 Å². The lowest BCUT2D eigenvalue weighted by molar-refractivity contribution is -0.145. The van der Waals surface area contributed by atoms with E-state index in [1.54, 1.807) is 0 Å². The number of hydrogen-bond acceptors (Lipinski definition) is 6. The summed E-state index contributed by atoms with van der Waals surface area (Å²) in [6, 6.07) is 4.16. The first kappa shape index (κ1) is 18.8. The van der Waals surface area contributed by atoms with E-state index in [9.17, 15) is 29.4 Å². The molecular weight excluding hydrogens is 348 g/mol. The lowest BCUT2D eigenvalue weighted by Crippen LogP contribution is -2.18. The molecule has 2 unspecified atom stereocenters. The topological polar surface area (TPSA) is 175 Å². The van der Waals surface area contributed by atoms with E-state index < -0.39 is 48.6 Å². The van der Waals surface area contributed by atoms with Gasteiger partial charge in [0.2, 0.25) is 0 Å². The Bertz CT molecular complexity index is 826. The van der Waals surface area contributed by atoms with Gasteiger partial charge < -0.3 is 20.4 Å². The van der Waals surface area contributed by atoms with E-state index in [-0.39, 0.29) is 16.8 Å². The molecule has 10 heteroatoms. The molecule has 1 aromatic heterocycles. The third kappa shape index (κ3) is 4.29. The first-order valence-corrected chi connectivity index (χ1v) is 7.34. The average molecular weight is 362 g/mol. The third-order valence-electron chi connectivity index (χ3n) is 3.70. The minimum absolute atomic E-state index is 0.0883. The molecular formula is C16H14N2O8. The predicted octanol–water partition coefficient (Wildman–Crippen LogP) is 0.916. The smallest absolute Gasteiger partial charge is 0.313 e. The average Bonchev–Trinajstić information content (AvgIpc) is 2.55. The fourth-order valence-corrected chi connectivity index (χ4v) is 2.44. The SMILES string of the molecule is O=C(O)CC(C(=O)O)c1ccc2ncc(C(CC(=O)O)C(=O)O)nc2c1. The normalized spacial score (nSPS) is 13.1. The van der Waals surface area contributed by atoms with E-state index >= 15 is 0 Å². The highest BCUT2D eigenvalue weighted by Crippen LogP contribution is 2.25. The molecule has 0 radical (unpaired) electrons. The van der Waals surface area contributed by atoms with E-state index in [2.05, 4.69) is 9.97 Å². The first-order valence-electron chi connectivity index (χ1n) is 7.34. The number of rotatable bonds is 8. The van der Waals surface area contributed by atoms with E-state index in [0.717, 1.165) is 6.20 Å². The van der Waals surface area contributed by atoms with Gasteiger partial charge in [-0.15, -0.1) is 0 Å². The van der Waals surface area contributed by atoms with Crippen molar-refractivity contribution in [1.29, 1.82) is 0 Å². The molecule has 0 aliphatic carbocycles. The van der Waals surface area contributed by atoms with Crippen LogP contribution in [0.15, 0.2) is 24.4 Å². The Balaban J connectivity index is 2.49. The van der Waals surface area contributed by atoms with Crippen molar-refractivity contribution in [2.75, 3.05) is 0 Å². The molecule has 4 N–H and O–H groups in total. The number of benzene rings is 1. The molecule has 1 aromatic carbocycles. The second-order valence-corrected chi connectivity index (χ2v) is 5.52. The van der Waals surface area contributed by atoms with Gasteiger partial charge in [-0.1, -0.05) is 6.07 Å². The molecule has 0 spiro atoms. The first-order chi connectivity index (χ1) is 12.2. The molecule has 136 valence electrons. The number of hydrogen-bond donors (Lipinski definition) is 4. The van der Waals surface area contributed by atoms with Crippen molar-refractivity contribution >= 4 is 34.9 Å². The number of aromatic nitrogens is 2. The monoisotopic (exact) mass is 362 g/mol. The van der Waals surface area contributed by atoms with Gasteiger partial charge in [-0.3, -0.25) is 24.2 Å². The third-order valence-corrected chi connectivity index (χ3v) is 3.70. The molecule has 0 saturated heterocycles. The Morgan fingerprint density at radius 3 is 1.96 bits per heavy atom. The molecule has 2 atom stereocenters. The summed E-state index contributed by atoms with van der Waals surface area (Å²) in [4.78, 5) is 52.4. The molecule has 2 rings (SSSR count). The Morgan fingerprint density at radius 1 is 0.846 bits per heavy atom. The second kappa shape index (κ2) is 7.55. The number of aliphatic carboxylic acids is 4. The Hall–Kier alpha value is -3.56. The highest BCUT2D eigenvalue weighted by molar-refractivity contribution is 5.85. The highest BCUT2D eigenvalue weighted by atomic mass is 16.4. The minimum Gasteiger partial charge on any atom is -0.481 e. The van der Waals surface area contributed by atoms with Crippen LogP contribution >= 0.6 is 0 Å². The van der Waals surface area contributed by atoms with E-state index in [1.165, 1.54) is 18.2 Å². The van der Waals surface area contributed by atoms with Crippen LogP contribution in [-0.4, -0.2) is 54.3 Å². The van der Waals surface area contributed by atoms with Gasteiger partial charge >= 0.3 is 23.9 Å². The van der Waals surface area contributed by atoms with Gasteiger partial charge in [-0.25, -0.2) is 4.98 Å². The van der Waals surface area contributed by atoms with Gasteiger partial charge in [0, 0.05) is 0 Å². The fraction of sp³-hybridized carbons (Fsp3) is 0.250. The summed E-state index contributed by atoms with van der Waals surface area (Å²) in [5.74, 6) is -8.04. The van der Waals surface area contributed by atoms with Crippen molar-refractivity contribution in [2.24, 2.45) is 0 Å². The van der Waals surface area contributed by atoms with Gasteiger partial charge in [0.05, 0.1) is 41.7 Å². The molecule has 0 fully saturated rings. The maximum absolute atomic E-state index is 11.3. The van der Waals surface area contributed by atoms with E-state index in [0.29, 0.717) is 5.52 Å². The molecule has 0 aliphatic rings. The zero-order valence-corrected chi connectivity index (χ0v) is 13.2. The van der Waals surface area contributed by atoms with Crippen molar-refractivity contribution in [2.45, 2.75) is 24.7 Å². The fourth-order valence-electron chi connectivity index (χ4n) is 2.44. The molecule has 2 aromatic rings. The lowest BCUT2D eigenvalue weighted by atomic mass is 9.95. The van der Waals surface area contributed by atoms with Gasteiger partial charge in [-0.05, 0) is 17.7 Å². The summed E-state index contributed by atoms with van der Waals surface area (Å²) in [6.45, 7) is 0. The van der Waals surface area contributed by atoms with Crippen LogP contribution < -0.4 is 0 Å². The molecule has 0 amide bonds. The van der Waals surface area contributed by atoms with Crippen molar-refractivity contribution in [3.05, 3.63) is 35.7 Å². The van der Waals surface area contributed by atoms with Crippen molar-refractivity contribution in [3.63, 3.8) is 0 Å². The number of carboxylic acid groups (broad SMARTS) is 4. The molecule has 0 aliphatic heterocycles. The van der Waals surface area contributed by atoms with Crippen LogP contribution in [0, 0.1) is 0 Å². The van der Waals surface area contributed by atoms with E-state index in [1.807, 2.05) is 0 Å². The van der Waals surface area contributed by atoms with Crippen LogP contribution in [0.5, 0.6) is 0 Å². The summed E-state index contributed by atoms with van der Waals surface area (Å²) in [7, 11) is 0. The maximum atomic E-state index is 11.3. The largest absolute Gasteiger partial charge is 0.481 e. The second-order valence-electron chi connectivity index (χ2n) is 5.52. The number of fused-ring (bicyclic) bond motifs is 1. The van der Waals surface area contributed by atoms with Crippen molar-refractivity contribution in [3.8, 4) is 0 Å². The standard InChI is InChI=1S/C16H14N2O8/c19-13(20)4-8(15(23)24)7-1-2-10-11(3-7)18-12(6-17-10)9(16(25)26)5-14(21)22/h1-3,6,8-9H,4-5H2,(H,19,20)(H,21,22)(H,23,24)(H,25,26). The highest BCUT2D eigenvalue weighted by Gasteiger charge is 2.26. The van der Waals surface area contributed by atoms with Gasteiger partial charge in [0.15, 0.2) is 0 Å². The molecule has 1 heterocycles. The van der Waals surface area contributed by atoms with Crippen molar-refractivity contribution in [1.82, 2.24) is 9.97 Å². The molecule has 0 saturated carbocycles. The van der Waals surface area contributed by atoms with Crippen LogP contribution in [0.1, 0.15) is 35.9 Å². The number of carboxylic acids is 4. The van der Waals surface area contributed by atoms with Crippen LogP contribution in [0.4, 0.5) is 0 Å². The Labute approximate surface area is 145 Å². The summed E-state index contributed by atoms with van der Waals surface area (Å²) in [5.41, 5.74) is 0.559. The lowest BCUT2D eigenvalue weighted by Gasteiger charge is -2.12. The predicted molar refractivity (Wildman–Crippen MR) is 84.8 cm³/mol. The summed E-state index contributed by atoms with van der Waals surface area (Å²) >= 11 is 0. The Morgan fingerprint density at radius 2 is 1.42 bits per heavy atom. The van der Waals surface area contributed by atoms with Crippen molar-refractivity contribution < 1.29 is 39.6 Å². The van der Waals surface area contributed by atoms with Crippen LogP contribution in [0.25, 0.3) is 11.0 Å². The van der Waals surface area contributed by atoms with Crippen LogP contribution in [-0.2, 0) is 19.2 Å². The zero-order chi connectivity index (χ0) is 19.4. The summed E-state index contributed by atoms with van der Waals surface area (Å²) < 4.78 is 0. The molecule has 10 nitrogen and oxygen atoms in total. The minimum atomic E-state index is -1.41. The molecule has 26 heavy (non-hydrogen) atoms. The Kier molecular flexibility index (Phi) is 5.45. The van der Waals surface area contributed by atoms with Gasteiger partial charge in [0.25, 0.3) is 0 Å². The maximum Gasteiger partial charge on any atom is 0.313 e. The zero-order valence-electron chi connectivity index (χ0n) is 13.2.